The lowest BCUT2D eigenvalue weighted by Crippen LogP contribution is -2.37. The highest BCUT2D eigenvalue weighted by Gasteiger charge is 2.42. The SMILES string of the molecule is COc1ccc(NC(=O)C2(c3ccccc3)CCCC2)cn1. The van der Waals surface area contributed by atoms with Crippen LogP contribution in [0.15, 0.2) is 48.7 Å². The summed E-state index contributed by atoms with van der Waals surface area (Å²) in [6.45, 7) is 0. The molecule has 1 fully saturated rings. The lowest BCUT2D eigenvalue weighted by Gasteiger charge is -2.28. The molecule has 1 heterocycles. The number of anilines is 1. The Balaban J connectivity index is 1.84. The van der Waals surface area contributed by atoms with Crippen LogP contribution < -0.4 is 10.1 Å². The normalized spacial score (nSPS) is 16.2. The Kier molecular flexibility index (Phi) is 4.09. The van der Waals surface area contributed by atoms with Gasteiger partial charge in [-0.25, -0.2) is 4.98 Å². The fourth-order valence-electron chi connectivity index (χ4n) is 3.21. The Morgan fingerprint density at radius 1 is 1.14 bits per heavy atom. The molecule has 0 spiro atoms. The molecule has 114 valence electrons. The molecule has 1 aliphatic carbocycles. The van der Waals surface area contributed by atoms with E-state index in [0.717, 1.165) is 31.2 Å². The van der Waals surface area contributed by atoms with Crippen LogP contribution in [0.5, 0.6) is 5.88 Å². The zero-order valence-electron chi connectivity index (χ0n) is 12.7. The van der Waals surface area contributed by atoms with Gasteiger partial charge >= 0.3 is 0 Å². The summed E-state index contributed by atoms with van der Waals surface area (Å²) >= 11 is 0. The number of nitrogens with one attached hydrogen (secondary N) is 1. The average molecular weight is 296 g/mol. The predicted molar refractivity (Wildman–Crippen MR) is 86.0 cm³/mol. The predicted octanol–water partition coefficient (Wildman–Crippen LogP) is 3.54. The van der Waals surface area contributed by atoms with E-state index in [1.165, 1.54) is 0 Å². The van der Waals surface area contributed by atoms with Gasteiger partial charge < -0.3 is 10.1 Å². The van der Waals surface area contributed by atoms with Gasteiger partial charge in [-0.15, -0.1) is 0 Å². The molecule has 0 unspecified atom stereocenters. The number of ether oxygens (including phenoxy) is 1. The van der Waals surface area contributed by atoms with Gasteiger partial charge in [-0.05, 0) is 24.5 Å². The smallest absolute Gasteiger partial charge is 0.235 e. The van der Waals surface area contributed by atoms with Gasteiger partial charge in [0.25, 0.3) is 0 Å². The molecule has 0 radical (unpaired) electrons. The van der Waals surface area contributed by atoms with E-state index in [2.05, 4.69) is 22.4 Å². The first-order valence-corrected chi connectivity index (χ1v) is 7.62. The van der Waals surface area contributed by atoms with Gasteiger partial charge in [0, 0.05) is 6.07 Å². The van der Waals surface area contributed by atoms with E-state index in [1.807, 2.05) is 24.3 Å². The van der Waals surface area contributed by atoms with Crippen molar-refractivity contribution in [2.75, 3.05) is 12.4 Å². The third kappa shape index (κ3) is 2.69. The minimum atomic E-state index is -0.415. The summed E-state index contributed by atoms with van der Waals surface area (Å²) < 4.78 is 5.04. The maximum atomic E-state index is 12.9. The van der Waals surface area contributed by atoms with E-state index in [4.69, 9.17) is 4.74 Å². The van der Waals surface area contributed by atoms with Crippen LogP contribution in [0.4, 0.5) is 5.69 Å². The molecule has 2 aromatic rings. The summed E-state index contributed by atoms with van der Waals surface area (Å²) in [4.78, 5) is 17.1. The zero-order chi connectivity index (χ0) is 15.4. The van der Waals surface area contributed by atoms with Crippen molar-refractivity contribution >= 4 is 11.6 Å². The third-order valence-electron chi connectivity index (χ3n) is 4.42. The lowest BCUT2D eigenvalue weighted by molar-refractivity contribution is -0.121. The Bertz CT molecular complexity index is 632. The van der Waals surface area contributed by atoms with Crippen LogP contribution in [-0.4, -0.2) is 18.0 Å². The van der Waals surface area contributed by atoms with E-state index in [1.54, 1.807) is 19.4 Å². The molecular weight excluding hydrogens is 276 g/mol. The fourth-order valence-corrected chi connectivity index (χ4v) is 3.21. The Hall–Kier alpha value is -2.36. The van der Waals surface area contributed by atoms with Crippen LogP contribution in [-0.2, 0) is 10.2 Å². The molecular formula is C18H20N2O2. The first-order valence-electron chi connectivity index (χ1n) is 7.62. The summed E-state index contributed by atoms with van der Waals surface area (Å²) in [5.74, 6) is 0.597. The quantitative estimate of drug-likeness (QED) is 0.939. The van der Waals surface area contributed by atoms with Crippen LogP contribution in [0.1, 0.15) is 31.2 Å². The van der Waals surface area contributed by atoms with Crippen LogP contribution >= 0.6 is 0 Å². The number of pyridine rings is 1. The summed E-state index contributed by atoms with van der Waals surface area (Å²) in [6, 6.07) is 13.7. The molecule has 1 saturated carbocycles. The molecule has 4 heteroatoms. The maximum absolute atomic E-state index is 12.9. The number of carbonyl (C=O) groups excluding carboxylic acids is 1. The number of amides is 1. The molecule has 1 aliphatic rings. The van der Waals surface area contributed by atoms with Crippen LogP contribution in [0, 0.1) is 0 Å². The first-order chi connectivity index (χ1) is 10.7. The van der Waals surface area contributed by atoms with Crippen molar-refractivity contribution in [3.05, 3.63) is 54.2 Å². The van der Waals surface area contributed by atoms with E-state index < -0.39 is 5.41 Å². The van der Waals surface area contributed by atoms with Crippen molar-refractivity contribution in [3.8, 4) is 5.88 Å². The molecule has 3 rings (SSSR count). The molecule has 22 heavy (non-hydrogen) atoms. The molecule has 1 aromatic heterocycles. The number of methoxy groups -OCH3 is 1. The van der Waals surface area contributed by atoms with Gasteiger partial charge in [0.05, 0.1) is 24.4 Å². The maximum Gasteiger partial charge on any atom is 0.235 e. The lowest BCUT2D eigenvalue weighted by atomic mass is 9.78. The minimum Gasteiger partial charge on any atom is -0.481 e. The summed E-state index contributed by atoms with van der Waals surface area (Å²) in [5.41, 5.74) is 1.39. The van der Waals surface area contributed by atoms with Gasteiger partial charge in [0.15, 0.2) is 0 Å². The molecule has 0 saturated heterocycles. The van der Waals surface area contributed by atoms with Crippen molar-refractivity contribution in [2.24, 2.45) is 0 Å². The Morgan fingerprint density at radius 2 is 1.86 bits per heavy atom. The van der Waals surface area contributed by atoms with E-state index >= 15 is 0 Å². The molecule has 1 aromatic carbocycles. The molecule has 1 N–H and O–H groups in total. The first kappa shape index (κ1) is 14.6. The number of hydrogen-bond acceptors (Lipinski definition) is 3. The molecule has 0 bridgehead atoms. The number of aromatic nitrogens is 1. The highest BCUT2D eigenvalue weighted by Crippen LogP contribution is 2.42. The summed E-state index contributed by atoms with van der Waals surface area (Å²) in [7, 11) is 1.57. The van der Waals surface area contributed by atoms with Crippen molar-refractivity contribution in [3.63, 3.8) is 0 Å². The number of nitrogens with zero attached hydrogens (tertiary/aromatic N) is 1. The van der Waals surface area contributed by atoms with Gasteiger partial charge in [0.1, 0.15) is 0 Å². The van der Waals surface area contributed by atoms with E-state index in [9.17, 15) is 4.79 Å². The van der Waals surface area contributed by atoms with Crippen LogP contribution in [0.2, 0.25) is 0 Å². The van der Waals surface area contributed by atoms with Crippen LogP contribution in [0.25, 0.3) is 0 Å². The Labute approximate surface area is 130 Å². The van der Waals surface area contributed by atoms with Crippen molar-refractivity contribution in [1.82, 2.24) is 4.98 Å². The average Bonchev–Trinajstić information content (AvgIpc) is 3.07. The summed E-state index contributed by atoms with van der Waals surface area (Å²) in [6.07, 6.45) is 5.59. The Morgan fingerprint density at radius 3 is 2.45 bits per heavy atom. The fraction of sp³-hybridized carbons (Fsp3) is 0.333. The molecule has 0 atom stereocenters. The highest BCUT2D eigenvalue weighted by atomic mass is 16.5. The van der Waals surface area contributed by atoms with E-state index in [0.29, 0.717) is 11.6 Å². The second kappa shape index (κ2) is 6.18. The van der Waals surface area contributed by atoms with Gasteiger partial charge in [-0.1, -0.05) is 43.2 Å². The van der Waals surface area contributed by atoms with Crippen molar-refractivity contribution < 1.29 is 9.53 Å². The van der Waals surface area contributed by atoms with Gasteiger partial charge in [-0.2, -0.15) is 0 Å². The minimum absolute atomic E-state index is 0.0585. The second-order valence-electron chi connectivity index (χ2n) is 5.70. The second-order valence-corrected chi connectivity index (χ2v) is 5.70. The number of carbonyl (C=O) groups is 1. The van der Waals surface area contributed by atoms with E-state index in [-0.39, 0.29) is 5.91 Å². The summed E-state index contributed by atoms with van der Waals surface area (Å²) in [5, 5.41) is 3.02. The number of hydrogen-bond donors (Lipinski definition) is 1. The largest absolute Gasteiger partial charge is 0.481 e. The molecule has 1 amide bonds. The van der Waals surface area contributed by atoms with Crippen LogP contribution in [0.3, 0.4) is 0 Å². The highest BCUT2D eigenvalue weighted by molar-refractivity contribution is 5.99. The zero-order valence-corrected chi connectivity index (χ0v) is 12.7. The topological polar surface area (TPSA) is 51.2 Å². The van der Waals surface area contributed by atoms with Crippen molar-refractivity contribution in [1.29, 1.82) is 0 Å². The van der Waals surface area contributed by atoms with Gasteiger partial charge in [-0.3, -0.25) is 4.79 Å². The third-order valence-corrected chi connectivity index (χ3v) is 4.42. The molecule has 4 nitrogen and oxygen atoms in total. The van der Waals surface area contributed by atoms with Gasteiger partial charge in [0.2, 0.25) is 11.8 Å². The number of benzene rings is 1. The monoisotopic (exact) mass is 296 g/mol. The molecule has 0 aliphatic heterocycles. The van der Waals surface area contributed by atoms with Crippen molar-refractivity contribution in [2.45, 2.75) is 31.1 Å². The standard InChI is InChI=1S/C18H20N2O2/c1-22-16-10-9-15(13-19-16)20-17(21)18(11-5-6-12-18)14-7-3-2-4-8-14/h2-4,7-10,13H,5-6,11-12H2,1H3,(H,20,21). The number of rotatable bonds is 4.